The predicted molar refractivity (Wildman–Crippen MR) is 167 cm³/mol. The molecule has 1 heterocycles. The van der Waals surface area contributed by atoms with Crippen LogP contribution in [0.2, 0.25) is 0 Å². The number of anilines is 1. The Hall–Kier alpha value is -4.27. The number of hydrogen-bond donors (Lipinski definition) is 2. The van der Waals surface area contributed by atoms with Crippen molar-refractivity contribution in [1.82, 2.24) is 5.32 Å². The average Bonchev–Trinajstić information content (AvgIpc) is 3.45. The maximum Gasteiger partial charge on any atom is 0.328 e. The molecule has 4 aromatic rings. The highest BCUT2D eigenvalue weighted by Crippen LogP contribution is 2.27. The van der Waals surface area contributed by atoms with Crippen molar-refractivity contribution >= 4 is 34.7 Å². The minimum atomic E-state index is -0.686. The van der Waals surface area contributed by atoms with Crippen molar-refractivity contribution in [2.75, 3.05) is 19.0 Å². The fourth-order valence-electron chi connectivity index (χ4n) is 4.43. The molecular weight excluding hydrogens is 548 g/mol. The molecule has 7 nitrogen and oxygen atoms in total. The van der Waals surface area contributed by atoms with Gasteiger partial charge in [-0.3, -0.25) is 9.59 Å². The van der Waals surface area contributed by atoms with Crippen molar-refractivity contribution < 1.29 is 23.9 Å². The van der Waals surface area contributed by atoms with E-state index in [1.165, 1.54) is 7.11 Å². The highest BCUT2D eigenvalue weighted by molar-refractivity contribution is 7.10. The molecule has 1 atom stereocenters. The Bertz CT molecular complexity index is 1510. The summed E-state index contributed by atoms with van der Waals surface area (Å²) in [6.45, 7) is 6.27. The van der Waals surface area contributed by atoms with E-state index in [0.717, 1.165) is 21.6 Å². The maximum atomic E-state index is 13.2. The van der Waals surface area contributed by atoms with Crippen LogP contribution >= 0.6 is 11.3 Å². The molecule has 8 heteroatoms. The molecule has 1 aromatic heterocycles. The first-order valence-corrected chi connectivity index (χ1v) is 14.6. The van der Waals surface area contributed by atoms with Gasteiger partial charge in [0.15, 0.2) is 5.78 Å². The molecule has 0 saturated carbocycles. The van der Waals surface area contributed by atoms with Crippen LogP contribution in [0.1, 0.15) is 47.1 Å². The summed E-state index contributed by atoms with van der Waals surface area (Å²) < 4.78 is 10.4. The van der Waals surface area contributed by atoms with Crippen molar-refractivity contribution in [2.45, 2.75) is 45.4 Å². The second-order valence-corrected chi connectivity index (χ2v) is 11.8. The zero-order chi connectivity index (χ0) is 30.1. The summed E-state index contributed by atoms with van der Waals surface area (Å²) in [4.78, 5) is 39.0. The molecule has 42 heavy (non-hydrogen) atoms. The summed E-state index contributed by atoms with van der Waals surface area (Å²) >= 11 is 1.62. The lowest BCUT2D eigenvalue weighted by Gasteiger charge is -2.20. The number of rotatable bonds is 12. The summed E-state index contributed by atoms with van der Waals surface area (Å²) in [5, 5.41) is 8.48. The van der Waals surface area contributed by atoms with Crippen molar-refractivity contribution in [3.05, 3.63) is 112 Å². The van der Waals surface area contributed by atoms with Crippen LogP contribution in [-0.4, -0.2) is 43.0 Å². The lowest BCUT2D eigenvalue weighted by Crippen LogP contribution is -2.33. The van der Waals surface area contributed by atoms with Gasteiger partial charge in [0.05, 0.1) is 13.7 Å². The molecule has 0 bridgehead atoms. The number of thiophene rings is 1. The van der Waals surface area contributed by atoms with E-state index in [9.17, 15) is 14.4 Å². The lowest BCUT2D eigenvalue weighted by molar-refractivity contribution is -0.153. The summed E-state index contributed by atoms with van der Waals surface area (Å²) in [6.07, 6.45) is 0.379. The molecule has 0 aliphatic rings. The molecule has 0 fully saturated rings. The normalized spacial score (nSPS) is 11.9. The molecule has 0 saturated heterocycles. The van der Waals surface area contributed by atoms with Crippen LogP contribution in [-0.2, 0) is 32.0 Å². The quantitative estimate of drug-likeness (QED) is 0.150. The number of carbonyl (C=O) groups is 3. The van der Waals surface area contributed by atoms with Crippen molar-refractivity contribution in [3.63, 3.8) is 0 Å². The third-order valence-corrected chi connectivity index (χ3v) is 7.33. The van der Waals surface area contributed by atoms with Crippen LogP contribution in [0.4, 0.5) is 5.69 Å². The van der Waals surface area contributed by atoms with Gasteiger partial charge in [-0.2, -0.15) is 0 Å². The third-order valence-electron chi connectivity index (χ3n) is 6.39. The Morgan fingerprint density at radius 2 is 1.57 bits per heavy atom. The predicted octanol–water partition coefficient (Wildman–Crippen LogP) is 6.27. The van der Waals surface area contributed by atoms with E-state index in [2.05, 4.69) is 22.1 Å². The van der Waals surface area contributed by atoms with Crippen molar-refractivity contribution in [2.24, 2.45) is 0 Å². The summed E-state index contributed by atoms with van der Waals surface area (Å²) in [6, 6.07) is 25.7. The SMILES string of the molecule is COC(=O)C(Cc1ccc(-c2csc(CNCC(=O)OC(C)(C)C)c2)cc1)Nc1ccccc1C(=O)c1ccccc1. The van der Waals surface area contributed by atoms with E-state index < -0.39 is 17.6 Å². The number of ketones is 1. The van der Waals surface area contributed by atoms with Gasteiger partial charge < -0.3 is 20.1 Å². The van der Waals surface area contributed by atoms with Gasteiger partial charge >= 0.3 is 11.9 Å². The Morgan fingerprint density at radius 1 is 0.881 bits per heavy atom. The Labute approximate surface area is 250 Å². The molecular formula is C34H36N2O5S. The maximum absolute atomic E-state index is 13.2. The van der Waals surface area contributed by atoms with Gasteiger partial charge in [-0.05, 0) is 61.0 Å². The standard InChI is InChI=1S/C34H36N2O5S/c1-34(2,3)41-31(37)21-35-20-27-19-26(22-42-27)24-16-14-23(15-17-24)18-30(33(39)40-4)36-29-13-9-8-12-28(29)32(38)25-10-6-5-7-11-25/h5-17,19,22,30,35-36H,18,20-21H2,1-4H3. The Morgan fingerprint density at radius 3 is 2.26 bits per heavy atom. The second-order valence-electron chi connectivity index (χ2n) is 10.9. The largest absolute Gasteiger partial charge is 0.467 e. The Kier molecular flexibility index (Phi) is 10.3. The van der Waals surface area contributed by atoms with E-state index in [4.69, 9.17) is 9.47 Å². The van der Waals surface area contributed by atoms with E-state index in [0.29, 0.717) is 29.8 Å². The zero-order valence-corrected chi connectivity index (χ0v) is 25.1. The fraction of sp³-hybridized carbons (Fsp3) is 0.265. The number of esters is 2. The highest BCUT2D eigenvalue weighted by Gasteiger charge is 2.23. The molecule has 1 unspecified atom stereocenters. The molecule has 4 rings (SSSR count). The fourth-order valence-corrected chi connectivity index (χ4v) is 5.30. The lowest BCUT2D eigenvalue weighted by atomic mass is 9.99. The minimum Gasteiger partial charge on any atom is -0.467 e. The molecule has 0 spiro atoms. The highest BCUT2D eigenvalue weighted by atomic mass is 32.1. The molecule has 3 aromatic carbocycles. The molecule has 0 radical (unpaired) electrons. The van der Waals surface area contributed by atoms with Crippen LogP contribution in [0.3, 0.4) is 0 Å². The number of carbonyl (C=O) groups excluding carboxylic acids is 3. The second kappa shape index (κ2) is 14.1. The van der Waals surface area contributed by atoms with Crippen LogP contribution in [0.15, 0.2) is 90.3 Å². The summed E-state index contributed by atoms with van der Waals surface area (Å²) in [5.41, 5.74) is 4.22. The zero-order valence-electron chi connectivity index (χ0n) is 24.3. The number of hydrogen-bond acceptors (Lipinski definition) is 8. The minimum absolute atomic E-state index is 0.123. The van der Waals surface area contributed by atoms with Gasteiger partial charge in [0, 0.05) is 34.7 Å². The van der Waals surface area contributed by atoms with Crippen LogP contribution in [0.25, 0.3) is 11.1 Å². The molecule has 0 aliphatic carbocycles. The molecule has 0 aliphatic heterocycles. The van der Waals surface area contributed by atoms with E-state index in [-0.39, 0.29) is 18.3 Å². The first-order chi connectivity index (χ1) is 20.1. The number of benzene rings is 3. The number of methoxy groups -OCH3 is 1. The van der Waals surface area contributed by atoms with E-state index in [1.807, 2.05) is 69.3 Å². The smallest absolute Gasteiger partial charge is 0.328 e. The van der Waals surface area contributed by atoms with Gasteiger partial charge in [-0.15, -0.1) is 11.3 Å². The van der Waals surface area contributed by atoms with Gasteiger partial charge in [-0.1, -0.05) is 66.7 Å². The summed E-state index contributed by atoms with van der Waals surface area (Å²) in [7, 11) is 1.36. The van der Waals surface area contributed by atoms with Crippen molar-refractivity contribution in [3.8, 4) is 11.1 Å². The topological polar surface area (TPSA) is 93.7 Å². The van der Waals surface area contributed by atoms with Crippen LogP contribution < -0.4 is 10.6 Å². The number of ether oxygens (including phenoxy) is 2. The third kappa shape index (κ3) is 8.61. The van der Waals surface area contributed by atoms with E-state index in [1.54, 1.807) is 41.7 Å². The first kappa shape index (κ1) is 30.7. The molecule has 218 valence electrons. The van der Waals surface area contributed by atoms with Gasteiger partial charge in [0.2, 0.25) is 0 Å². The monoisotopic (exact) mass is 584 g/mol. The Balaban J connectivity index is 1.41. The van der Waals surface area contributed by atoms with Gasteiger partial charge in [0.1, 0.15) is 11.6 Å². The van der Waals surface area contributed by atoms with Gasteiger partial charge in [0.25, 0.3) is 0 Å². The summed E-state index contributed by atoms with van der Waals surface area (Å²) in [5.74, 6) is -0.815. The van der Waals surface area contributed by atoms with Crippen LogP contribution in [0.5, 0.6) is 0 Å². The van der Waals surface area contributed by atoms with Crippen molar-refractivity contribution in [1.29, 1.82) is 0 Å². The van der Waals surface area contributed by atoms with E-state index >= 15 is 0 Å². The number of para-hydroxylation sites is 1. The molecule has 0 amide bonds. The van der Waals surface area contributed by atoms with Crippen LogP contribution in [0, 0.1) is 0 Å². The molecule has 2 N–H and O–H groups in total. The first-order valence-electron chi connectivity index (χ1n) is 13.8. The van der Waals surface area contributed by atoms with Gasteiger partial charge in [-0.25, -0.2) is 4.79 Å². The number of nitrogens with one attached hydrogen (secondary N) is 2. The average molecular weight is 585 g/mol.